The Hall–Kier alpha value is -3.20. The number of hydrogen-bond donors (Lipinski definition) is 2. The molecule has 2 rings (SSSR count). The number of aromatic hydroxyl groups is 2. The Balaban J connectivity index is 2.67. The largest absolute Gasteiger partial charge is 0.503 e. The van der Waals surface area contributed by atoms with Crippen molar-refractivity contribution in [1.29, 1.82) is 0 Å². The van der Waals surface area contributed by atoms with E-state index in [0.717, 1.165) is 0 Å². The molecule has 0 saturated heterocycles. The van der Waals surface area contributed by atoms with Gasteiger partial charge in [0.15, 0.2) is 22.9 Å². The van der Waals surface area contributed by atoms with Gasteiger partial charge in [-0.25, -0.2) is 0 Å². The molecule has 1 heterocycles. The lowest BCUT2D eigenvalue weighted by Gasteiger charge is -2.21. The van der Waals surface area contributed by atoms with E-state index in [-0.39, 0.29) is 11.4 Å². The van der Waals surface area contributed by atoms with E-state index in [2.05, 4.69) is 0 Å². The maximum absolute atomic E-state index is 13.1. The zero-order chi connectivity index (χ0) is 21.9. The van der Waals surface area contributed by atoms with Gasteiger partial charge in [-0.1, -0.05) is 0 Å². The molecule has 9 heteroatoms. The van der Waals surface area contributed by atoms with E-state index in [1.807, 2.05) is 19.0 Å². The van der Waals surface area contributed by atoms with Gasteiger partial charge in [-0.15, -0.1) is 0 Å². The molecule has 0 radical (unpaired) electrons. The van der Waals surface area contributed by atoms with E-state index < -0.39 is 23.3 Å². The van der Waals surface area contributed by atoms with Crippen LogP contribution in [0.15, 0.2) is 24.3 Å². The van der Waals surface area contributed by atoms with Crippen molar-refractivity contribution in [3.63, 3.8) is 0 Å². The van der Waals surface area contributed by atoms with Crippen molar-refractivity contribution >= 4 is 11.8 Å². The van der Waals surface area contributed by atoms with Crippen LogP contribution >= 0.6 is 0 Å². The Morgan fingerprint density at radius 2 is 1.41 bits per heavy atom. The predicted octanol–water partition coefficient (Wildman–Crippen LogP) is 1.23. The smallest absolute Gasteiger partial charge is 0.274 e. The maximum atomic E-state index is 13.1. The van der Waals surface area contributed by atoms with Crippen LogP contribution in [0.25, 0.3) is 5.69 Å². The highest BCUT2D eigenvalue weighted by molar-refractivity contribution is 6.04. The monoisotopic (exact) mass is 404 g/mol. The number of aromatic nitrogens is 1. The van der Waals surface area contributed by atoms with E-state index in [1.165, 1.54) is 35.6 Å². The van der Waals surface area contributed by atoms with E-state index in [0.29, 0.717) is 24.5 Å². The minimum atomic E-state index is -0.635. The molecule has 0 spiro atoms. The average Bonchev–Trinajstić information content (AvgIpc) is 2.95. The molecule has 0 aliphatic heterocycles. The normalized spacial score (nSPS) is 10.9. The summed E-state index contributed by atoms with van der Waals surface area (Å²) in [4.78, 5) is 30.5. The number of likely N-dealkylation sites (N-methyl/N-ethyl adjacent to an activating group) is 2. The summed E-state index contributed by atoms with van der Waals surface area (Å²) in [6, 6.07) is 6.61. The van der Waals surface area contributed by atoms with Gasteiger partial charge in [0.1, 0.15) is 5.75 Å². The number of methoxy groups -OCH3 is 1. The van der Waals surface area contributed by atoms with Gasteiger partial charge in [0.25, 0.3) is 11.8 Å². The van der Waals surface area contributed by atoms with Crippen molar-refractivity contribution in [2.24, 2.45) is 0 Å². The molecule has 9 nitrogen and oxygen atoms in total. The number of amides is 2. The van der Waals surface area contributed by atoms with Gasteiger partial charge in [0, 0.05) is 39.9 Å². The Labute approximate surface area is 170 Å². The van der Waals surface area contributed by atoms with Gasteiger partial charge in [-0.2, -0.15) is 0 Å². The Kier molecular flexibility index (Phi) is 6.76. The summed E-state index contributed by atoms with van der Waals surface area (Å²) in [5.41, 5.74) is 0.0529. The standard InChI is InChI=1S/C20H28N4O5/c1-21(2)11-12-23(5)20(28)16-18(26)17(25)15(19(27)22(3)4)24(16)13-7-9-14(29-6)10-8-13/h7-10,25-26H,11-12H2,1-6H3. The number of rotatable bonds is 7. The second-order valence-electron chi connectivity index (χ2n) is 7.16. The quantitative estimate of drug-likeness (QED) is 0.720. The average molecular weight is 404 g/mol. The second kappa shape index (κ2) is 8.87. The van der Waals surface area contributed by atoms with Crippen molar-refractivity contribution in [2.45, 2.75) is 0 Å². The van der Waals surface area contributed by atoms with Crippen LogP contribution in [0, 0.1) is 0 Å². The molecule has 0 bridgehead atoms. The number of ether oxygens (including phenoxy) is 1. The van der Waals surface area contributed by atoms with E-state index in [1.54, 1.807) is 31.3 Å². The highest BCUT2D eigenvalue weighted by Gasteiger charge is 2.33. The fourth-order valence-corrected chi connectivity index (χ4v) is 2.78. The van der Waals surface area contributed by atoms with Crippen LogP contribution in [-0.4, -0.2) is 96.7 Å². The lowest BCUT2D eigenvalue weighted by Crippen LogP contribution is -2.35. The molecule has 158 valence electrons. The molecule has 0 unspecified atom stereocenters. The molecule has 0 saturated carbocycles. The number of carbonyl (C=O) groups excluding carboxylic acids is 2. The number of hydrogen-bond acceptors (Lipinski definition) is 6. The first kappa shape index (κ1) is 22.1. The molecule has 0 fully saturated rings. The van der Waals surface area contributed by atoms with Crippen LogP contribution < -0.4 is 4.74 Å². The summed E-state index contributed by atoms with van der Waals surface area (Å²) in [5, 5.41) is 21.1. The van der Waals surface area contributed by atoms with Crippen LogP contribution in [0.2, 0.25) is 0 Å². The molecule has 2 N–H and O–H groups in total. The third kappa shape index (κ3) is 4.45. The van der Waals surface area contributed by atoms with Gasteiger partial charge < -0.3 is 29.6 Å². The van der Waals surface area contributed by atoms with Crippen LogP contribution in [0.4, 0.5) is 0 Å². The highest BCUT2D eigenvalue weighted by Crippen LogP contribution is 2.39. The van der Waals surface area contributed by atoms with E-state index in [9.17, 15) is 19.8 Å². The summed E-state index contributed by atoms with van der Waals surface area (Å²) < 4.78 is 6.44. The number of carbonyl (C=O) groups is 2. The minimum Gasteiger partial charge on any atom is -0.503 e. The fourth-order valence-electron chi connectivity index (χ4n) is 2.78. The predicted molar refractivity (Wildman–Crippen MR) is 109 cm³/mol. The van der Waals surface area contributed by atoms with Crippen LogP contribution in [-0.2, 0) is 0 Å². The summed E-state index contributed by atoms with van der Waals surface area (Å²) in [6.07, 6.45) is 0. The molecule has 1 aromatic heterocycles. The van der Waals surface area contributed by atoms with Crippen molar-refractivity contribution in [3.05, 3.63) is 35.7 Å². The first-order valence-electron chi connectivity index (χ1n) is 9.03. The Bertz CT molecular complexity index is 887. The summed E-state index contributed by atoms with van der Waals surface area (Å²) in [7, 11) is 9.94. The second-order valence-corrected chi connectivity index (χ2v) is 7.16. The van der Waals surface area contributed by atoms with E-state index >= 15 is 0 Å². The molecular formula is C20H28N4O5. The van der Waals surface area contributed by atoms with Gasteiger partial charge in [-0.3, -0.25) is 14.2 Å². The summed E-state index contributed by atoms with van der Waals surface area (Å²) in [5.74, 6) is -1.75. The van der Waals surface area contributed by atoms with Crippen molar-refractivity contribution in [3.8, 4) is 22.9 Å². The SMILES string of the molecule is COc1ccc(-n2c(C(=O)N(C)C)c(O)c(O)c2C(=O)N(C)CCN(C)C)cc1. The van der Waals surface area contributed by atoms with Crippen LogP contribution in [0.5, 0.6) is 17.2 Å². The van der Waals surface area contributed by atoms with Gasteiger partial charge in [0.05, 0.1) is 7.11 Å². The number of nitrogens with zero attached hydrogens (tertiary/aromatic N) is 4. The van der Waals surface area contributed by atoms with Crippen molar-refractivity contribution < 1.29 is 24.5 Å². The Morgan fingerprint density at radius 3 is 1.86 bits per heavy atom. The molecule has 29 heavy (non-hydrogen) atoms. The lowest BCUT2D eigenvalue weighted by atomic mass is 10.2. The first-order valence-corrected chi connectivity index (χ1v) is 9.03. The lowest BCUT2D eigenvalue weighted by molar-refractivity contribution is 0.0774. The minimum absolute atomic E-state index is 0.181. The summed E-state index contributed by atoms with van der Waals surface area (Å²) in [6.45, 7) is 1.01. The zero-order valence-electron chi connectivity index (χ0n) is 17.6. The third-order valence-corrected chi connectivity index (χ3v) is 4.49. The van der Waals surface area contributed by atoms with Crippen molar-refractivity contribution in [2.75, 3.05) is 55.4 Å². The molecule has 1 aromatic carbocycles. The molecule has 0 atom stereocenters. The zero-order valence-corrected chi connectivity index (χ0v) is 17.6. The third-order valence-electron chi connectivity index (χ3n) is 4.49. The maximum Gasteiger partial charge on any atom is 0.274 e. The number of benzene rings is 1. The molecular weight excluding hydrogens is 376 g/mol. The molecule has 2 aromatic rings. The van der Waals surface area contributed by atoms with Gasteiger partial charge in [0.2, 0.25) is 0 Å². The van der Waals surface area contributed by atoms with E-state index in [4.69, 9.17) is 4.74 Å². The molecule has 2 amide bonds. The van der Waals surface area contributed by atoms with Crippen LogP contribution in [0.3, 0.4) is 0 Å². The highest BCUT2D eigenvalue weighted by atomic mass is 16.5. The first-order chi connectivity index (χ1) is 13.6. The van der Waals surface area contributed by atoms with Crippen LogP contribution in [0.1, 0.15) is 21.0 Å². The van der Waals surface area contributed by atoms with Gasteiger partial charge >= 0.3 is 0 Å². The van der Waals surface area contributed by atoms with Gasteiger partial charge in [-0.05, 0) is 38.4 Å². The molecule has 0 aliphatic rings. The topological polar surface area (TPSA) is 98.5 Å². The van der Waals surface area contributed by atoms with Crippen molar-refractivity contribution in [1.82, 2.24) is 19.3 Å². The summed E-state index contributed by atoms with van der Waals surface area (Å²) >= 11 is 0. The molecule has 0 aliphatic carbocycles. The fraction of sp³-hybridized carbons (Fsp3) is 0.400. The Morgan fingerprint density at radius 1 is 0.897 bits per heavy atom.